The van der Waals surface area contributed by atoms with Crippen molar-refractivity contribution in [2.75, 3.05) is 20.2 Å². The number of sulfonamides is 1. The predicted octanol–water partition coefficient (Wildman–Crippen LogP) is 4.24. The molecule has 1 unspecified atom stereocenters. The van der Waals surface area contributed by atoms with Gasteiger partial charge in [0.2, 0.25) is 15.9 Å². The summed E-state index contributed by atoms with van der Waals surface area (Å²) in [5.74, 6) is -0.197. The average Bonchev–Trinajstić information content (AvgIpc) is 2.79. The number of methoxy groups -OCH3 is 1. The fraction of sp³-hybridized carbons (Fsp3) is 0.458. The molecular formula is C24H31FN2O4S. The summed E-state index contributed by atoms with van der Waals surface area (Å²) in [6, 6.07) is 11.0. The number of halogens is 1. The van der Waals surface area contributed by atoms with Crippen molar-refractivity contribution >= 4 is 15.9 Å². The van der Waals surface area contributed by atoms with Gasteiger partial charge in [-0.2, -0.15) is 4.31 Å². The van der Waals surface area contributed by atoms with Crippen molar-refractivity contribution in [1.82, 2.24) is 9.62 Å². The van der Waals surface area contributed by atoms with Crippen LogP contribution >= 0.6 is 0 Å². The van der Waals surface area contributed by atoms with E-state index in [1.54, 1.807) is 24.3 Å². The van der Waals surface area contributed by atoms with Gasteiger partial charge in [-0.1, -0.05) is 32.0 Å². The summed E-state index contributed by atoms with van der Waals surface area (Å²) in [7, 11) is -2.28. The van der Waals surface area contributed by atoms with Crippen LogP contribution in [-0.2, 0) is 14.8 Å². The lowest BCUT2D eigenvalue weighted by Crippen LogP contribution is -2.43. The number of piperidine rings is 1. The maximum absolute atomic E-state index is 13.3. The van der Waals surface area contributed by atoms with E-state index in [0.717, 1.165) is 11.1 Å². The van der Waals surface area contributed by atoms with Crippen molar-refractivity contribution in [2.24, 2.45) is 5.92 Å². The number of hydrogen-bond donors (Lipinski definition) is 1. The van der Waals surface area contributed by atoms with E-state index in [0.29, 0.717) is 18.6 Å². The van der Waals surface area contributed by atoms with Gasteiger partial charge in [-0.25, -0.2) is 12.8 Å². The van der Waals surface area contributed by atoms with Gasteiger partial charge in [0.1, 0.15) is 16.5 Å². The zero-order valence-electron chi connectivity index (χ0n) is 19.0. The Morgan fingerprint density at radius 3 is 2.22 bits per heavy atom. The molecule has 1 fully saturated rings. The Morgan fingerprint density at radius 1 is 1.06 bits per heavy atom. The minimum absolute atomic E-state index is 0.113. The van der Waals surface area contributed by atoms with Gasteiger partial charge in [-0.3, -0.25) is 4.79 Å². The van der Waals surface area contributed by atoms with E-state index in [1.165, 1.54) is 23.5 Å². The summed E-state index contributed by atoms with van der Waals surface area (Å²) in [6.07, 6.45) is 0.876. The molecule has 0 aliphatic carbocycles. The number of carbonyl (C=O) groups is 1. The van der Waals surface area contributed by atoms with Gasteiger partial charge in [0.05, 0.1) is 13.2 Å². The van der Waals surface area contributed by atoms with Gasteiger partial charge in [0.25, 0.3) is 0 Å². The first kappa shape index (κ1) is 24.2. The van der Waals surface area contributed by atoms with Crippen molar-refractivity contribution in [2.45, 2.75) is 50.5 Å². The number of nitrogens with zero attached hydrogens (tertiary/aromatic N) is 1. The van der Waals surface area contributed by atoms with Crippen LogP contribution in [0.4, 0.5) is 4.39 Å². The van der Waals surface area contributed by atoms with Gasteiger partial charge in [-0.05, 0) is 61.1 Å². The third-order valence-corrected chi connectivity index (χ3v) is 7.95. The van der Waals surface area contributed by atoms with Gasteiger partial charge >= 0.3 is 0 Å². The topological polar surface area (TPSA) is 75.7 Å². The highest BCUT2D eigenvalue weighted by Crippen LogP contribution is 2.32. The molecule has 1 amide bonds. The van der Waals surface area contributed by atoms with Crippen molar-refractivity contribution < 1.29 is 22.3 Å². The quantitative estimate of drug-likeness (QED) is 0.668. The second kappa shape index (κ2) is 10.0. The Morgan fingerprint density at radius 2 is 1.66 bits per heavy atom. The van der Waals surface area contributed by atoms with Crippen LogP contribution in [0.25, 0.3) is 0 Å². The molecule has 1 aliphatic rings. The molecule has 0 bridgehead atoms. The Hall–Kier alpha value is -2.45. The van der Waals surface area contributed by atoms with Crippen LogP contribution in [0.1, 0.15) is 56.7 Å². The zero-order chi connectivity index (χ0) is 23.5. The van der Waals surface area contributed by atoms with E-state index in [2.05, 4.69) is 5.32 Å². The van der Waals surface area contributed by atoms with E-state index in [9.17, 15) is 17.6 Å². The van der Waals surface area contributed by atoms with E-state index < -0.39 is 10.0 Å². The minimum Gasteiger partial charge on any atom is -0.495 e. The Bertz CT molecular complexity index is 1050. The Kier molecular flexibility index (Phi) is 7.56. The lowest BCUT2D eigenvalue weighted by atomic mass is 9.96. The lowest BCUT2D eigenvalue weighted by molar-refractivity contribution is -0.126. The largest absolute Gasteiger partial charge is 0.495 e. The molecule has 1 aliphatic heterocycles. The van der Waals surface area contributed by atoms with Crippen molar-refractivity contribution in [1.29, 1.82) is 0 Å². The SMILES string of the molecule is COc1ccc(C(C)C)cc1S(=O)(=O)N1CCC(C(=O)NC(C)c2ccc(F)cc2)CC1. The zero-order valence-corrected chi connectivity index (χ0v) is 19.8. The fourth-order valence-electron chi connectivity index (χ4n) is 3.92. The number of rotatable bonds is 7. The summed E-state index contributed by atoms with van der Waals surface area (Å²) < 4.78 is 46.5. The van der Waals surface area contributed by atoms with Gasteiger partial charge < -0.3 is 10.1 Å². The first-order chi connectivity index (χ1) is 15.1. The van der Waals surface area contributed by atoms with E-state index in [-0.39, 0.29) is 47.6 Å². The molecule has 0 aromatic heterocycles. The number of benzene rings is 2. The van der Waals surface area contributed by atoms with Crippen LogP contribution in [0, 0.1) is 11.7 Å². The van der Waals surface area contributed by atoms with Crippen LogP contribution in [0.2, 0.25) is 0 Å². The number of amides is 1. The normalized spacial score (nSPS) is 16.7. The van der Waals surface area contributed by atoms with Crippen molar-refractivity contribution in [3.63, 3.8) is 0 Å². The molecule has 1 atom stereocenters. The summed E-state index contributed by atoms with van der Waals surface area (Å²) in [5, 5.41) is 2.96. The second-order valence-electron chi connectivity index (χ2n) is 8.53. The van der Waals surface area contributed by atoms with Gasteiger partial charge in [-0.15, -0.1) is 0 Å². The average molecular weight is 463 g/mol. The van der Waals surface area contributed by atoms with Crippen molar-refractivity contribution in [3.8, 4) is 5.75 Å². The van der Waals surface area contributed by atoms with Crippen LogP contribution in [0.5, 0.6) is 5.75 Å². The number of carbonyl (C=O) groups excluding carboxylic acids is 1. The highest BCUT2D eigenvalue weighted by molar-refractivity contribution is 7.89. The molecule has 1 heterocycles. The molecule has 3 rings (SSSR count). The maximum Gasteiger partial charge on any atom is 0.246 e. The fourth-order valence-corrected chi connectivity index (χ4v) is 5.58. The van der Waals surface area contributed by atoms with Crippen LogP contribution < -0.4 is 10.1 Å². The maximum atomic E-state index is 13.3. The molecule has 0 radical (unpaired) electrons. The highest BCUT2D eigenvalue weighted by atomic mass is 32.2. The van der Waals surface area contributed by atoms with Gasteiger partial charge in [0, 0.05) is 19.0 Å². The third-order valence-electron chi connectivity index (χ3n) is 6.03. The smallest absolute Gasteiger partial charge is 0.246 e. The number of hydrogen-bond acceptors (Lipinski definition) is 4. The Balaban J connectivity index is 1.66. The standard InChI is InChI=1S/C24H31FN2O4S/c1-16(2)20-7-10-22(31-4)23(15-20)32(29,30)27-13-11-19(12-14-27)24(28)26-17(3)18-5-8-21(25)9-6-18/h5-10,15-17,19H,11-14H2,1-4H3,(H,26,28). The highest BCUT2D eigenvalue weighted by Gasteiger charge is 2.34. The van der Waals surface area contributed by atoms with E-state index in [1.807, 2.05) is 26.8 Å². The summed E-state index contributed by atoms with van der Waals surface area (Å²) in [6.45, 7) is 6.39. The number of nitrogens with one attached hydrogen (secondary N) is 1. The molecule has 0 spiro atoms. The second-order valence-corrected chi connectivity index (χ2v) is 10.4. The third kappa shape index (κ3) is 5.30. The molecule has 174 valence electrons. The first-order valence-electron chi connectivity index (χ1n) is 10.9. The first-order valence-corrected chi connectivity index (χ1v) is 12.3. The molecule has 32 heavy (non-hydrogen) atoms. The van der Waals surface area contributed by atoms with Crippen LogP contribution in [0.3, 0.4) is 0 Å². The van der Waals surface area contributed by atoms with Gasteiger partial charge in [0.15, 0.2) is 0 Å². The summed E-state index contributed by atoms with van der Waals surface area (Å²) >= 11 is 0. The summed E-state index contributed by atoms with van der Waals surface area (Å²) in [4.78, 5) is 12.9. The van der Waals surface area contributed by atoms with E-state index in [4.69, 9.17) is 4.74 Å². The van der Waals surface area contributed by atoms with E-state index >= 15 is 0 Å². The molecular weight excluding hydrogens is 431 g/mol. The van der Waals surface area contributed by atoms with Crippen LogP contribution in [-0.4, -0.2) is 38.8 Å². The predicted molar refractivity (Wildman–Crippen MR) is 122 cm³/mol. The molecule has 1 N–H and O–H groups in total. The molecule has 2 aromatic rings. The number of ether oxygens (including phenoxy) is 1. The summed E-state index contributed by atoms with van der Waals surface area (Å²) in [5.41, 5.74) is 1.74. The molecule has 0 saturated carbocycles. The molecule has 2 aromatic carbocycles. The monoisotopic (exact) mass is 462 g/mol. The molecule has 1 saturated heterocycles. The van der Waals surface area contributed by atoms with Crippen molar-refractivity contribution in [3.05, 3.63) is 59.4 Å². The molecule has 6 nitrogen and oxygen atoms in total. The minimum atomic E-state index is -3.74. The molecule has 8 heteroatoms. The lowest BCUT2D eigenvalue weighted by Gasteiger charge is -2.31. The Labute approximate surface area is 189 Å². The van der Waals surface area contributed by atoms with Crippen LogP contribution in [0.15, 0.2) is 47.4 Å².